The number of Topliss-reactive ketones (excluding diaryl/α,β-unsaturated/α-hetero) is 1. The summed E-state index contributed by atoms with van der Waals surface area (Å²) in [7, 11) is 0. The van der Waals surface area contributed by atoms with E-state index in [2.05, 4.69) is 0 Å². The lowest BCUT2D eigenvalue weighted by Gasteiger charge is -2.44. The van der Waals surface area contributed by atoms with E-state index in [4.69, 9.17) is 15.2 Å². The molecule has 0 amide bonds. The van der Waals surface area contributed by atoms with Crippen molar-refractivity contribution in [2.45, 2.75) is 76.8 Å². The normalized spacial score (nSPS) is 32.8. The molecule has 9 heteroatoms. The summed E-state index contributed by atoms with van der Waals surface area (Å²) in [6.45, 7) is 5.72. The fraction of sp³-hybridized carbons (Fsp3) is 0.882. The molecule has 0 aromatic carbocycles. The molecule has 0 aromatic rings. The molecular weight excluding hydrogens is 346 g/mol. The second kappa shape index (κ2) is 9.20. The van der Waals surface area contributed by atoms with Gasteiger partial charge in [-0.25, -0.2) is 0 Å². The van der Waals surface area contributed by atoms with Crippen LogP contribution in [0.2, 0.25) is 0 Å². The van der Waals surface area contributed by atoms with Gasteiger partial charge < -0.3 is 35.6 Å². The number of nitrogens with two attached hydrogens (primary N) is 1. The van der Waals surface area contributed by atoms with E-state index in [9.17, 15) is 30.0 Å². The van der Waals surface area contributed by atoms with Crippen molar-refractivity contribution in [3.05, 3.63) is 0 Å². The van der Waals surface area contributed by atoms with Gasteiger partial charge in [-0.3, -0.25) is 9.59 Å². The van der Waals surface area contributed by atoms with E-state index in [1.165, 1.54) is 6.92 Å². The molecule has 0 aliphatic carbocycles. The highest BCUT2D eigenvalue weighted by Crippen LogP contribution is 2.36. The van der Waals surface area contributed by atoms with Crippen molar-refractivity contribution in [3.63, 3.8) is 0 Å². The van der Waals surface area contributed by atoms with Gasteiger partial charge in [-0.2, -0.15) is 0 Å². The van der Waals surface area contributed by atoms with Crippen molar-refractivity contribution in [3.8, 4) is 0 Å². The first-order chi connectivity index (χ1) is 11.9. The Hall–Kier alpha value is -1.10. The molecule has 9 nitrogen and oxygen atoms in total. The van der Waals surface area contributed by atoms with Crippen LogP contribution in [0.3, 0.4) is 0 Å². The number of aliphatic hydroxyl groups is 4. The average Bonchev–Trinajstić information content (AvgIpc) is 2.50. The van der Waals surface area contributed by atoms with E-state index in [0.717, 1.165) is 6.92 Å². The van der Waals surface area contributed by atoms with Crippen molar-refractivity contribution in [2.24, 2.45) is 17.6 Å². The number of rotatable bonds is 8. The first-order valence-electron chi connectivity index (χ1n) is 8.76. The zero-order chi connectivity index (χ0) is 20.2. The highest BCUT2D eigenvalue weighted by Gasteiger charge is 2.50. The van der Waals surface area contributed by atoms with E-state index in [1.807, 2.05) is 0 Å². The Balaban J connectivity index is 2.75. The molecule has 0 spiro atoms. The molecule has 1 saturated heterocycles. The summed E-state index contributed by atoms with van der Waals surface area (Å²) < 4.78 is 10.4. The Bertz CT molecular complexity index is 497. The topological polar surface area (TPSA) is 160 Å². The molecular formula is C17H31NO8. The standard InChI is InChI=1S/C17H31NO8/c1-8(2)15(18)16(23)25-7-11(21)5-13-14(9(3)19)12(22)6-17(24,26-13)10(4)20/h8-9,11-15,19,21-22,24H,5-7,18H2,1-4H3/t9?,11-,12?,13?,14?,15-,17?/m0/s1. The summed E-state index contributed by atoms with van der Waals surface area (Å²) in [4.78, 5) is 23.4. The lowest BCUT2D eigenvalue weighted by Crippen LogP contribution is -2.58. The van der Waals surface area contributed by atoms with Crippen molar-refractivity contribution < 1.29 is 39.5 Å². The highest BCUT2D eigenvalue weighted by molar-refractivity contribution is 5.83. The number of carbonyl (C=O) groups excluding carboxylic acids is 2. The molecule has 1 fully saturated rings. The van der Waals surface area contributed by atoms with Crippen molar-refractivity contribution >= 4 is 11.8 Å². The molecule has 1 aliphatic heterocycles. The zero-order valence-electron chi connectivity index (χ0n) is 15.7. The van der Waals surface area contributed by atoms with Gasteiger partial charge in [-0.15, -0.1) is 0 Å². The van der Waals surface area contributed by atoms with Gasteiger partial charge in [0.25, 0.3) is 0 Å². The molecule has 7 atom stereocenters. The quantitative estimate of drug-likeness (QED) is 0.324. The van der Waals surface area contributed by atoms with Gasteiger partial charge in [0.2, 0.25) is 5.79 Å². The maximum absolute atomic E-state index is 11.7. The SMILES string of the molecule is CC(=O)C1(O)CC(O)C(C(C)O)C(C[C@H](O)COC(=O)[C@@H](N)C(C)C)O1. The monoisotopic (exact) mass is 377 g/mol. The molecule has 1 heterocycles. The molecule has 0 saturated carbocycles. The largest absolute Gasteiger partial charge is 0.462 e. The fourth-order valence-corrected chi connectivity index (χ4v) is 2.99. The second-order valence-corrected chi connectivity index (χ2v) is 7.38. The van der Waals surface area contributed by atoms with Crippen LogP contribution in [-0.2, 0) is 19.1 Å². The van der Waals surface area contributed by atoms with Gasteiger partial charge in [-0.1, -0.05) is 13.8 Å². The lowest BCUT2D eigenvalue weighted by molar-refractivity contribution is -0.285. The average molecular weight is 377 g/mol. The Morgan fingerprint density at radius 2 is 1.88 bits per heavy atom. The first kappa shape index (κ1) is 22.9. The van der Waals surface area contributed by atoms with Gasteiger partial charge in [0.05, 0.1) is 24.4 Å². The van der Waals surface area contributed by atoms with Crippen LogP contribution in [0, 0.1) is 11.8 Å². The third kappa shape index (κ3) is 5.70. The molecule has 0 bridgehead atoms. The zero-order valence-corrected chi connectivity index (χ0v) is 15.7. The summed E-state index contributed by atoms with van der Waals surface area (Å²) >= 11 is 0. The van der Waals surface area contributed by atoms with Crippen LogP contribution in [0.1, 0.15) is 40.5 Å². The van der Waals surface area contributed by atoms with E-state index in [0.29, 0.717) is 0 Å². The third-order valence-electron chi connectivity index (χ3n) is 4.73. The second-order valence-electron chi connectivity index (χ2n) is 7.38. The van der Waals surface area contributed by atoms with Gasteiger partial charge >= 0.3 is 5.97 Å². The molecule has 0 radical (unpaired) electrons. The van der Waals surface area contributed by atoms with Crippen LogP contribution in [-0.4, -0.2) is 75.0 Å². The first-order valence-corrected chi connectivity index (χ1v) is 8.76. The van der Waals surface area contributed by atoms with Crippen molar-refractivity contribution in [1.29, 1.82) is 0 Å². The number of hydrogen-bond donors (Lipinski definition) is 5. The Morgan fingerprint density at radius 1 is 1.31 bits per heavy atom. The number of ether oxygens (including phenoxy) is 2. The van der Waals surface area contributed by atoms with Crippen LogP contribution >= 0.6 is 0 Å². The van der Waals surface area contributed by atoms with Crippen LogP contribution in [0.5, 0.6) is 0 Å². The number of esters is 1. The molecule has 26 heavy (non-hydrogen) atoms. The van der Waals surface area contributed by atoms with Gasteiger partial charge in [0.15, 0.2) is 5.78 Å². The minimum Gasteiger partial charge on any atom is -0.462 e. The van der Waals surface area contributed by atoms with Crippen molar-refractivity contribution in [2.75, 3.05) is 6.61 Å². The summed E-state index contributed by atoms with van der Waals surface area (Å²) in [5.41, 5.74) is 5.66. The molecule has 6 N–H and O–H groups in total. The minimum absolute atomic E-state index is 0.123. The van der Waals surface area contributed by atoms with Crippen molar-refractivity contribution in [1.82, 2.24) is 0 Å². The molecule has 152 valence electrons. The summed E-state index contributed by atoms with van der Waals surface area (Å²) in [5, 5.41) is 40.5. The lowest BCUT2D eigenvalue weighted by atomic mass is 9.81. The van der Waals surface area contributed by atoms with E-state index in [1.54, 1.807) is 13.8 Å². The Kier molecular flexibility index (Phi) is 8.12. The van der Waals surface area contributed by atoms with Crippen LogP contribution < -0.4 is 5.73 Å². The van der Waals surface area contributed by atoms with E-state index in [-0.39, 0.29) is 25.4 Å². The molecule has 0 aromatic heterocycles. The van der Waals surface area contributed by atoms with Crippen LogP contribution in [0.15, 0.2) is 0 Å². The van der Waals surface area contributed by atoms with E-state index < -0.39 is 53.9 Å². The van der Waals surface area contributed by atoms with Gasteiger partial charge in [0, 0.05) is 25.7 Å². The number of carbonyl (C=O) groups is 2. The summed E-state index contributed by atoms with van der Waals surface area (Å²) in [6.07, 6.45) is -4.94. The molecule has 1 rings (SSSR count). The number of aliphatic hydroxyl groups excluding tert-OH is 3. The van der Waals surface area contributed by atoms with Crippen LogP contribution in [0.25, 0.3) is 0 Å². The smallest absolute Gasteiger partial charge is 0.323 e. The Morgan fingerprint density at radius 3 is 2.35 bits per heavy atom. The predicted octanol–water partition coefficient (Wildman–Crippen LogP) is -1.31. The number of ketones is 1. The van der Waals surface area contributed by atoms with Crippen LogP contribution in [0.4, 0.5) is 0 Å². The number of hydrogen-bond acceptors (Lipinski definition) is 9. The predicted molar refractivity (Wildman–Crippen MR) is 90.7 cm³/mol. The van der Waals surface area contributed by atoms with Gasteiger partial charge in [-0.05, 0) is 12.8 Å². The minimum atomic E-state index is -2.19. The fourth-order valence-electron chi connectivity index (χ4n) is 2.99. The molecule has 5 unspecified atom stereocenters. The summed E-state index contributed by atoms with van der Waals surface area (Å²) in [6, 6.07) is -0.817. The highest BCUT2D eigenvalue weighted by atomic mass is 16.6. The van der Waals surface area contributed by atoms with Gasteiger partial charge in [0.1, 0.15) is 12.6 Å². The Labute approximate surface area is 153 Å². The maximum Gasteiger partial charge on any atom is 0.323 e. The van der Waals surface area contributed by atoms with E-state index >= 15 is 0 Å². The maximum atomic E-state index is 11.7. The summed E-state index contributed by atoms with van der Waals surface area (Å²) in [5.74, 6) is -4.48. The molecule has 1 aliphatic rings. The third-order valence-corrected chi connectivity index (χ3v) is 4.73.